The highest BCUT2D eigenvalue weighted by Crippen LogP contribution is 2.49. The van der Waals surface area contributed by atoms with Crippen LogP contribution in [-0.4, -0.2) is 24.1 Å². The fraction of sp³-hybridized carbons (Fsp3) is 0. The molecule has 266 valence electrons. The van der Waals surface area contributed by atoms with Crippen molar-refractivity contribution >= 4 is 55.4 Å². The predicted molar refractivity (Wildman–Crippen MR) is 234 cm³/mol. The highest BCUT2D eigenvalue weighted by atomic mass is 32.2. The maximum absolute atomic E-state index is 5.18. The normalized spacial score (nSPS) is 12.1. The number of benzene rings is 8. The molecule has 5 nitrogen and oxygen atoms in total. The van der Waals surface area contributed by atoms with Gasteiger partial charge in [-0.3, -0.25) is 9.13 Å². The lowest BCUT2D eigenvalue weighted by Gasteiger charge is -2.21. The van der Waals surface area contributed by atoms with Gasteiger partial charge in [-0.15, -0.1) is 0 Å². The van der Waals surface area contributed by atoms with Gasteiger partial charge in [0.25, 0.3) is 0 Å². The molecule has 4 heterocycles. The fourth-order valence-electron chi connectivity index (χ4n) is 8.60. The Labute approximate surface area is 332 Å². The van der Waals surface area contributed by atoms with Gasteiger partial charge >= 0.3 is 0 Å². The second-order valence-electron chi connectivity index (χ2n) is 14.4. The molecule has 0 N–H and O–H groups in total. The molecule has 57 heavy (non-hydrogen) atoms. The van der Waals surface area contributed by atoms with Crippen molar-refractivity contribution in [3.63, 3.8) is 0 Å². The molecule has 1 aliphatic heterocycles. The van der Waals surface area contributed by atoms with E-state index in [0.29, 0.717) is 17.5 Å². The highest BCUT2D eigenvalue weighted by Gasteiger charge is 2.27. The average Bonchev–Trinajstić information content (AvgIpc) is 3.81. The van der Waals surface area contributed by atoms with Crippen LogP contribution in [0.3, 0.4) is 0 Å². The van der Waals surface area contributed by atoms with Crippen LogP contribution in [0.2, 0.25) is 0 Å². The minimum absolute atomic E-state index is 0.622. The van der Waals surface area contributed by atoms with E-state index in [9.17, 15) is 0 Å². The number of fused-ring (bicyclic) bond motifs is 8. The summed E-state index contributed by atoms with van der Waals surface area (Å²) >= 11 is 1.85. The molecule has 0 spiro atoms. The van der Waals surface area contributed by atoms with Crippen LogP contribution >= 0.6 is 11.8 Å². The molecular formula is C51H31N5S. The Morgan fingerprint density at radius 1 is 0.404 bits per heavy atom. The smallest absolute Gasteiger partial charge is 0.164 e. The Morgan fingerprint density at radius 2 is 1.00 bits per heavy atom. The summed E-state index contributed by atoms with van der Waals surface area (Å²) in [5.74, 6) is 1.89. The van der Waals surface area contributed by atoms with Crippen molar-refractivity contribution in [2.24, 2.45) is 0 Å². The second kappa shape index (κ2) is 12.6. The van der Waals surface area contributed by atoms with Gasteiger partial charge in [0.05, 0.1) is 16.7 Å². The molecule has 0 amide bonds. The molecule has 8 aromatic carbocycles. The number of rotatable bonds is 5. The third kappa shape index (κ3) is 5.01. The van der Waals surface area contributed by atoms with E-state index in [1.54, 1.807) is 0 Å². The quantitative estimate of drug-likeness (QED) is 0.176. The van der Waals surface area contributed by atoms with Gasteiger partial charge in [-0.25, -0.2) is 15.0 Å². The van der Waals surface area contributed by atoms with Crippen molar-refractivity contribution in [1.29, 1.82) is 0 Å². The monoisotopic (exact) mass is 745 g/mol. The molecule has 0 saturated carbocycles. The first-order chi connectivity index (χ1) is 28.3. The SMILES string of the molecule is c1ccc(-c2nc(-c3ccc(-c4cccc5ccccc45)cc3)nc(-c3cccc(-n4c5ccccc5c5c6cccc7c6n(c54)-c4ccccc4S7)c3)n2)cc1. The van der Waals surface area contributed by atoms with Crippen molar-refractivity contribution in [3.05, 3.63) is 188 Å². The maximum Gasteiger partial charge on any atom is 0.164 e. The maximum atomic E-state index is 5.18. The lowest BCUT2D eigenvalue weighted by Crippen LogP contribution is -2.06. The van der Waals surface area contributed by atoms with Crippen LogP contribution in [0.4, 0.5) is 0 Å². The number of hydrogen-bond acceptors (Lipinski definition) is 4. The molecule has 0 radical (unpaired) electrons. The van der Waals surface area contributed by atoms with Gasteiger partial charge in [-0.1, -0.05) is 163 Å². The zero-order valence-corrected chi connectivity index (χ0v) is 31.4. The van der Waals surface area contributed by atoms with Crippen molar-refractivity contribution in [3.8, 4) is 56.7 Å². The molecule has 0 aliphatic carbocycles. The summed E-state index contributed by atoms with van der Waals surface area (Å²) in [7, 11) is 0. The van der Waals surface area contributed by atoms with Gasteiger partial charge in [0, 0.05) is 48.3 Å². The Kier molecular flexibility index (Phi) is 7.09. The first kappa shape index (κ1) is 32.0. The minimum Gasteiger partial charge on any atom is -0.295 e. The summed E-state index contributed by atoms with van der Waals surface area (Å²) in [6.45, 7) is 0. The molecule has 0 bridgehead atoms. The molecular weight excluding hydrogens is 715 g/mol. The van der Waals surface area contributed by atoms with Crippen LogP contribution in [0.15, 0.2) is 198 Å². The van der Waals surface area contributed by atoms with E-state index in [0.717, 1.165) is 39.1 Å². The van der Waals surface area contributed by atoms with Crippen molar-refractivity contribution in [2.75, 3.05) is 0 Å². The van der Waals surface area contributed by atoms with Crippen LogP contribution < -0.4 is 0 Å². The van der Waals surface area contributed by atoms with Gasteiger partial charge in [-0.05, 0) is 58.3 Å². The molecule has 3 aromatic heterocycles. The Balaban J connectivity index is 1.04. The van der Waals surface area contributed by atoms with Crippen LogP contribution in [-0.2, 0) is 0 Å². The molecule has 0 unspecified atom stereocenters. The van der Waals surface area contributed by atoms with Crippen LogP contribution in [0.5, 0.6) is 0 Å². The Hall–Kier alpha value is -7.28. The highest BCUT2D eigenvalue weighted by molar-refractivity contribution is 7.99. The van der Waals surface area contributed by atoms with E-state index in [1.807, 2.05) is 30.0 Å². The molecule has 11 aromatic rings. The van der Waals surface area contributed by atoms with Crippen molar-refractivity contribution < 1.29 is 0 Å². The van der Waals surface area contributed by atoms with Gasteiger partial charge in [0.2, 0.25) is 0 Å². The van der Waals surface area contributed by atoms with E-state index in [-0.39, 0.29) is 0 Å². The number of hydrogen-bond donors (Lipinski definition) is 0. The summed E-state index contributed by atoms with van der Waals surface area (Å²) in [6, 6.07) is 66.6. The first-order valence-corrected chi connectivity index (χ1v) is 19.9. The van der Waals surface area contributed by atoms with Crippen molar-refractivity contribution in [1.82, 2.24) is 24.1 Å². The third-order valence-electron chi connectivity index (χ3n) is 11.2. The van der Waals surface area contributed by atoms with Crippen LogP contribution in [0.25, 0.3) is 100 Å². The topological polar surface area (TPSA) is 48.5 Å². The molecule has 0 atom stereocenters. The van der Waals surface area contributed by atoms with Crippen LogP contribution in [0, 0.1) is 0 Å². The number of nitrogens with zero attached hydrogens (tertiary/aromatic N) is 5. The lowest BCUT2D eigenvalue weighted by molar-refractivity contribution is 1.02. The van der Waals surface area contributed by atoms with E-state index in [1.165, 1.54) is 53.5 Å². The van der Waals surface area contributed by atoms with Gasteiger partial charge in [-0.2, -0.15) is 0 Å². The molecule has 0 saturated heterocycles. The summed E-state index contributed by atoms with van der Waals surface area (Å²) in [5.41, 5.74) is 10.9. The standard InChI is InChI=1S/C51H31N5S/c1-2-14-34(15-3-1)48-52-49(35-29-27-33(28-30-35)39-21-11-16-32-13-4-5-19-38(32)39)54-50(53-48)36-17-10-18-37(31-36)55-42-23-7-6-20-40(42)46-41-22-12-26-45-47(41)56(51(46)55)43-24-8-9-25-44(43)57-45/h1-31H. The summed E-state index contributed by atoms with van der Waals surface area (Å²) in [6.07, 6.45) is 0. The predicted octanol–water partition coefficient (Wildman–Crippen LogP) is 13.2. The number of aromatic nitrogens is 5. The number of para-hydroxylation sites is 3. The Morgan fingerprint density at radius 3 is 1.86 bits per heavy atom. The van der Waals surface area contributed by atoms with Crippen molar-refractivity contribution in [2.45, 2.75) is 9.79 Å². The largest absolute Gasteiger partial charge is 0.295 e. The van der Waals surface area contributed by atoms with Crippen LogP contribution in [0.1, 0.15) is 0 Å². The van der Waals surface area contributed by atoms with E-state index in [4.69, 9.17) is 15.0 Å². The molecule has 6 heteroatoms. The lowest BCUT2D eigenvalue weighted by atomic mass is 9.97. The zero-order valence-electron chi connectivity index (χ0n) is 30.5. The summed E-state index contributed by atoms with van der Waals surface area (Å²) < 4.78 is 4.88. The van der Waals surface area contributed by atoms with Gasteiger partial charge < -0.3 is 0 Å². The average molecular weight is 746 g/mol. The van der Waals surface area contributed by atoms with E-state index >= 15 is 0 Å². The minimum atomic E-state index is 0.622. The summed E-state index contributed by atoms with van der Waals surface area (Å²) in [4.78, 5) is 17.9. The summed E-state index contributed by atoms with van der Waals surface area (Å²) in [5, 5.41) is 6.20. The van der Waals surface area contributed by atoms with Gasteiger partial charge in [0.15, 0.2) is 17.5 Å². The fourth-order valence-corrected chi connectivity index (χ4v) is 9.69. The Bertz CT molecular complexity index is 3380. The molecule has 0 fully saturated rings. The van der Waals surface area contributed by atoms with E-state index < -0.39 is 0 Å². The molecule has 1 aliphatic rings. The van der Waals surface area contributed by atoms with E-state index in [2.05, 4.69) is 179 Å². The zero-order chi connectivity index (χ0) is 37.5. The third-order valence-corrected chi connectivity index (χ3v) is 12.3. The van der Waals surface area contributed by atoms with Gasteiger partial charge in [0.1, 0.15) is 5.65 Å². The first-order valence-electron chi connectivity index (χ1n) is 19.1. The second-order valence-corrected chi connectivity index (χ2v) is 15.5. The molecule has 12 rings (SSSR count).